The van der Waals surface area contributed by atoms with Crippen molar-refractivity contribution >= 4 is 11.8 Å². The predicted octanol–water partition coefficient (Wildman–Crippen LogP) is 2.33. The van der Waals surface area contributed by atoms with Gasteiger partial charge in [-0.3, -0.25) is 0 Å². The maximum absolute atomic E-state index is 9.24. The molecule has 0 saturated carbocycles. The molecule has 1 unspecified atom stereocenters. The Morgan fingerprint density at radius 2 is 2.31 bits per heavy atom. The van der Waals surface area contributed by atoms with E-state index in [1.165, 1.54) is 11.1 Å². The Hall–Kier alpha value is -0.510. The lowest BCUT2D eigenvalue weighted by Crippen LogP contribution is -2.37. The molecule has 3 heteroatoms. The molecule has 16 heavy (non-hydrogen) atoms. The molecule has 2 nitrogen and oxygen atoms in total. The normalized spacial score (nSPS) is 21.5. The van der Waals surface area contributed by atoms with Crippen LogP contribution < -0.4 is 5.32 Å². The molecule has 1 aromatic rings. The van der Waals surface area contributed by atoms with Crippen LogP contribution in [0.4, 0.5) is 0 Å². The van der Waals surface area contributed by atoms with E-state index in [9.17, 15) is 5.11 Å². The highest BCUT2D eigenvalue weighted by Crippen LogP contribution is 2.31. The van der Waals surface area contributed by atoms with Gasteiger partial charge < -0.3 is 10.4 Å². The molecule has 1 aromatic carbocycles. The molecule has 2 atom stereocenters. The highest BCUT2D eigenvalue weighted by molar-refractivity contribution is 7.98. The van der Waals surface area contributed by atoms with E-state index < -0.39 is 0 Å². The van der Waals surface area contributed by atoms with Crippen molar-refractivity contribution in [2.75, 3.05) is 12.4 Å². The second kappa shape index (κ2) is 5.71. The van der Waals surface area contributed by atoms with Crippen LogP contribution in [0.3, 0.4) is 0 Å². The van der Waals surface area contributed by atoms with E-state index in [1.54, 1.807) is 0 Å². The highest BCUT2D eigenvalue weighted by Gasteiger charge is 2.21. The number of fused-ring (bicyclic) bond motifs is 1. The lowest BCUT2D eigenvalue weighted by Gasteiger charge is -2.29. The number of aliphatic hydroxyl groups excluding tert-OH is 1. The van der Waals surface area contributed by atoms with Crippen LogP contribution in [0.15, 0.2) is 24.3 Å². The number of benzene rings is 1. The molecule has 0 saturated heterocycles. The summed E-state index contributed by atoms with van der Waals surface area (Å²) in [5.41, 5.74) is 2.84. The van der Waals surface area contributed by atoms with Crippen LogP contribution in [0, 0.1) is 0 Å². The van der Waals surface area contributed by atoms with Crippen molar-refractivity contribution in [2.24, 2.45) is 0 Å². The van der Waals surface area contributed by atoms with Gasteiger partial charge in [0.05, 0.1) is 6.61 Å². The molecule has 0 radical (unpaired) electrons. The summed E-state index contributed by atoms with van der Waals surface area (Å²) >= 11 is 1.96. The third kappa shape index (κ3) is 2.59. The lowest BCUT2D eigenvalue weighted by atomic mass is 10.0. The molecule has 0 aliphatic carbocycles. The summed E-state index contributed by atoms with van der Waals surface area (Å²) in [7, 11) is 0. The minimum Gasteiger partial charge on any atom is -0.395 e. The van der Waals surface area contributed by atoms with Gasteiger partial charge in [0.1, 0.15) is 0 Å². The van der Waals surface area contributed by atoms with Gasteiger partial charge in [-0.25, -0.2) is 0 Å². The molecule has 2 rings (SSSR count). The van der Waals surface area contributed by atoms with Gasteiger partial charge in [0, 0.05) is 23.6 Å². The molecule has 1 aliphatic heterocycles. The van der Waals surface area contributed by atoms with Gasteiger partial charge in [-0.05, 0) is 17.5 Å². The van der Waals surface area contributed by atoms with E-state index in [2.05, 4.69) is 36.5 Å². The summed E-state index contributed by atoms with van der Waals surface area (Å²) < 4.78 is 0. The first-order chi connectivity index (χ1) is 7.85. The van der Waals surface area contributed by atoms with Gasteiger partial charge in [-0.1, -0.05) is 31.2 Å². The average molecular weight is 237 g/mol. The summed E-state index contributed by atoms with van der Waals surface area (Å²) in [4.78, 5) is 0. The van der Waals surface area contributed by atoms with Crippen LogP contribution in [-0.4, -0.2) is 23.5 Å². The summed E-state index contributed by atoms with van der Waals surface area (Å²) in [6.45, 7) is 2.33. The van der Waals surface area contributed by atoms with Crippen LogP contribution in [0.5, 0.6) is 0 Å². The summed E-state index contributed by atoms with van der Waals surface area (Å²) in [6, 6.07) is 9.23. The maximum Gasteiger partial charge on any atom is 0.0584 e. The number of hydrogen-bond donors (Lipinski definition) is 2. The number of hydrogen-bond acceptors (Lipinski definition) is 3. The van der Waals surface area contributed by atoms with Gasteiger partial charge in [-0.2, -0.15) is 11.8 Å². The number of aliphatic hydroxyl groups is 1. The first kappa shape index (κ1) is 12.0. The second-order valence-electron chi connectivity index (χ2n) is 4.22. The quantitative estimate of drug-likeness (QED) is 0.843. The molecule has 88 valence electrons. The van der Waals surface area contributed by atoms with E-state index in [0.717, 1.165) is 17.9 Å². The minimum atomic E-state index is 0.219. The lowest BCUT2D eigenvalue weighted by molar-refractivity contribution is 0.230. The Morgan fingerprint density at radius 3 is 3.06 bits per heavy atom. The van der Waals surface area contributed by atoms with Gasteiger partial charge in [0.2, 0.25) is 0 Å². The van der Waals surface area contributed by atoms with Gasteiger partial charge in [-0.15, -0.1) is 0 Å². The fourth-order valence-corrected chi connectivity index (χ4v) is 3.22. The first-order valence-corrected chi connectivity index (χ1v) is 7.03. The van der Waals surface area contributed by atoms with E-state index in [-0.39, 0.29) is 12.6 Å². The number of thioether (sulfide) groups is 1. The summed E-state index contributed by atoms with van der Waals surface area (Å²) in [5.74, 6) is 2.22. The molecule has 2 N–H and O–H groups in total. The van der Waals surface area contributed by atoms with Crippen LogP contribution >= 0.6 is 11.8 Å². The van der Waals surface area contributed by atoms with Gasteiger partial charge in [0.25, 0.3) is 0 Å². The van der Waals surface area contributed by atoms with Crippen LogP contribution in [0.25, 0.3) is 0 Å². The Bertz CT molecular complexity index is 338. The molecule has 1 aliphatic rings. The number of rotatable bonds is 4. The Kier molecular flexibility index (Phi) is 4.27. The fourth-order valence-electron chi connectivity index (χ4n) is 2.10. The van der Waals surface area contributed by atoms with Crippen molar-refractivity contribution in [1.82, 2.24) is 5.32 Å². The smallest absolute Gasteiger partial charge is 0.0584 e. The Morgan fingerprint density at radius 1 is 1.50 bits per heavy atom. The van der Waals surface area contributed by atoms with Crippen LogP contribution in [0.2, 0.25) is 0 Å². The zero-order valence-electron chi connectivity index (χ0n) is 9.65. The molecular formula is C13H19NOS. The van der Waals surface area contributed by atoms with Gasteiger partial charge in [0.15, 0.2) is 0 Å². The van der Waals surface area contributed by atoms with E-state index >= 15 is 0 Å². The van der Waals surface area contributed by atoms with Crippen molar-refractivity contribution in [3.63, 3.8) is 0 Å². The van der Waals surface area contributed by atoms with Crippen molar-refractivity contribution in [3.05, 3.63) is 35.4 Å². The van der Waals surface area contributed by atoms with Crippen LogP contribution in [-0.2, 0) is 5.75 Å². The molecule has 1 heterocycles. The molecule has 0 fully saturated rings. The second-order valence-corrected chi connectivity index (χ2v) is 5.25. The van der Waals surface area contributed by atoms with Crippen molar-refractivity contribution in [1.29, 1.82) is 0 Å². The van der Waals surface area contributed by atoms with E-state index in [1.807, 2.05) is 11.8 Å². The zero-order valence-corrected chi connectivity index (χ0v) is 10.5. The fraction of sp³-hybridized carbons (Fsp3) is 0.538. The Labute approximate surface area is 101 Å². The third-order valence-electron chi connectivity index (χ3n) is 3.12. The molecule has 0 bridgehead atoms. The van der Waals surface area contributed by atoms with Crippen molar-refractivity contribution in [2.45, 2.75) is 31.2 Å². The van der Waals surface area contributed by atoms with E-state index in [4.69, 9.17) is 0 Å². The van der Waals surface area contributed by atoms with Crippen molar-refractivity contribution < 1.29 is 5.11 Å². The SMILES string of the molecule is CC[C@H](CO)NC1CSCc2ccccc21. The molecule has 0 spiro atoms. The molecular weight excluding hydrogens is 218 g/mol. The first-order valence-electron chi connectivity index (χ1n) is 5.87. The topological polar surface area (TPSA) is 32.3 Å². The monoisotopic (exact) mass is 237 g/mol. The maximum atomic E-state index is 9.24. The molecule has 0 aromatic heterocycles. The van der Waals surface area contributed by atoms with E-state index in [0.29, 0.717) is 6.04 Å². The van der Waals surface area contributed by atoms with Crippen molar-refractivity contribution in [3.8, 4) is 0 Å². The minimum absolute atomic E-state index is 0.219. The average Bonchev–Trinajstić information content (AvgIpc) is 2.36. The Balaban J connectivity index is 2.12. The zero-order chi connectivity index (χ0) is 11.4. The summed E-state index contributed by atoms with van der Waals surface area (Å²) in [5, 5.41) is 12.8. The van der Waals surface area contributed by atoms with Gasteiger partial charge >= 0.3 is 0 Å². The third-order valence-corrected chi connectivity index (χ3v) is 4.21. The summed E-state index contributed by atoms with van der Waals surface area (Å²) in [6.07, 6.45) is 0.972. The van der Waals surface area contributed by atoms with Crippen LogP contribution in [0.1, 0.15) is 30.5 Å². The largest absolute Gasteiger partial charge is 0.395 e. The molecule has 0 amide bonds. The highest BCUT2D eigenvalue weighted by atomic mass is 32.2. The number of nitrogens with one attached hydrogen (secondary N) is 1. The predicted molar refractivity (Wildman–Crippen MR) is 69.6 cm³/mol. The standard InChI is InChI=1S/C13H19NOS/c1-2-11(7-15)14-13-9-16-8-10-5-3-4-6-12(10)13/h3-6,11,13-15H,2,7-9H2,1H3/t11-,13?/m1/s1.